The Balaban J connectivity index is 1.86. The summed E-state index contributed by atoms with van der Waals surface area (Å²) >= 11 is 0. The van der Waals surface area contributed by atoms with E-state index >= 15 is 0 Å². The molecule has 1 fully saturated rings. The van der Waals surface area contributed by atoms with Crippen LogP contribution in [0.5, 0.6) is 0 Å². The highest BCUT2D eigenvalue weighted by Crippen LogP contribution is 2.31. The molecule has 0 bridgehead atoms. The molecule has 2 aromatic rings. The van der Waals surface area contributed by atoms with Gasteiger partial charge in [0.25, 0.3) is 5.91 Å². The highest BCUT2D eigenvalue weighted by molar-refractivity contribution is 5.94. The van der Waals surface area contributed by atoms with Crippen LogP contribution in [0.2, 0.25) is 0 Å². The highest BCUT2D eigenvalue weighted by Gasteiger charge is 2.31. The first kappa shape index (κ1) is 11.7. The SMILES string of the molecule is O=C(c1ccnnc1)N1CCC[C@H]1c1cnccn1. The van der Waals surface area contributed by atoms with E-state index in [9.17, 15) is 4.79 Å². The minimum absolute atomic E-state index is 0.00867. The van der Waals surface area contributed by atoms with Crippen molar-refractivity contribution in [1.82, 2.24) is 25.1 Å². The first-order valence-corrected chi connectivity index (χ1v) is 6.20. The number of rotatable bonds is 2. The maximum atomic E-state index is 12.4. The van der Waals surface area contributed by atoms with Gasteiger partial charge in [-0.15, -0.1) is 0 Å². The molecule has 0 radical (unpaired) electrons. The number of aromatic nitrogens is 4. The molecule has 0 N–H and O–H groups in total. The zero-order chi connectivity index (χ0) is 13.1. The van der Waals surface area contributed by atoms with Gasteiger partial charge in [0.05, 0.1) is 35.9 Å². The van der Waals surface area contributed by atoms with Gasteiger partial charge in [0.2, 0.25) is 0 Å². The first-order valence-electron chi connectivity index (χ1n) is 6.20. The highest BCUT2D eigenvalue weighted by atomic mass is 16.2. The summed E-state index contributed by atoms with van der Waals surface area (Å²) in [5.41, 5.74) is 1.40. The van der Waals surface area contributed by atoms with Gasteiger partial charge in [0, 0.05) is 18.9 Å². The number of hydrogen-bond acceptors (Lipinski definition) is 5. The Bertz CT molecular complexity index is 560. The summed E-state index contributed by atoms with van der Waals surface area (Å²) in [4.78, 5) is 22.7. The van der Waals surface area contributed by atoms with E-state index in [0.717, 1.165) is 25.1 Å². The molecule has 1 aliphatic heterocycles. The second-order valence-electron chi connectivity index (χ2n) is 4.42. The van der Waals surface area contributed by atoms with E-state index in [4.69, 9.17) is 0 Å². The average Bonchev–Trinajstić information content (AvgIpc) is 2.98. The Morgan fingerprint density at radius 1 is 1.21 bits per heavy atom. The number of nitrogens with zero attached hydrogens (tertiary/aromatic N) is 5. The van der Waals surface area contributed by atoms with Crippen molar-refractivity contribution in [2.75, 3.05) is 6.54 Å². The van der Waals surface area contributed by atoms with Gasteiger partial charge in [0.15, 0.2) is 0 Å². The third kappa shape index (κ3) is 2.29. The van der Waals surface area contributed by atoms with Crippen LogP contribution in [0.15, 0.2) is 37.1 Å². The lowest BCUT2D eigenvalue weighted by Crippen LogP contribution is -2.31. The molecular weight excluding hydrogens is 242 g/mol. The van der Waals surface area contributed by atoms with E-state index in [1.807, 2.05) is 4.90 Å². The molecule has 3 heterocycles. The van der Waals surface area contributed by atoms with Crippen molar-refractivity contribution in [1.29, 1.82) is 0 Å². The van der Waals surface area contributed by atoms with E-state index < -0.39 is 0 Å². The van der Waals surface area contributed by atoms with E-state index in [2.05, 4.69) is 20.2 Å². The van der Waals surface area contributed by atoms with Crippen LogP contribution >= 0.6 is 0 Å². The van der Waals surface area contributed by atoms with Crippen molar-refractivity contribution >= 4 is 5.91 Å². The fourth-order valence-corrected chi connectivity index (χ4v) is 2.38. The number of carbonyl (C=O) groups is 1. The van der Waals surface area contributed by atoms with E-state index in [1.54, 1.807) is 24.7 Å². The third-order valence-electron chi connectivity index (χ3n) is 3.27. The van der Waals surface area contributed by atoms with Gasteiger partial charge >= 0.3 is 0 Å². The summed E-state index contributed by atoms with van der Waals surface area (Å²) < 4.78 is 0. The van der Waals surface area contributed by atoms with Crippen LogP contribution < -0.4 is 0 Å². The van der Waals surface area contributed by atoms with Gasteiger partial charge in [-0.3, -0.25) is 14.8 Å². The molecule has 1 aliphatic rings. The number of amides is 1. The second-order valence-corrected chi connectivity index (χ2v) is 4.42. The molecule has 0 saturated carbocycles. The number of hydrogen-bond donors (Lipinski definition) is 0. The predicted molar refractivity (Wildman–Crippen MR) is 67.1 cm³/mol. The quantitative estimate of drug-likeness (QED) is 0.807. The van der Waals surface area contributed by atoms with Crippen molar-refractivity contribution < 1.29 is 4.79 Å². The van der Waals surface area contributed by atoms with Gasteiger partial charge in [-0.2, -0.15) is 10.2 Å². The Morgan fingerprint density at radius 2 is 2.16 bits per heavy atom. The fourth-order valence-electron chi connectivity index (χ4n) is 2.38. The van der Waals surface area contributed by atoms with Gasteiger partial charge < -0.3 is 4.90 Å². The van der Waals surface area contributed by atoms with Crippen LogP contribution in [0.4, 0.5) is 0 Å². The van der Waals surface area contributed by atoms with Gasteiger partial charge in [-0.1, -0.05) is 0 Å². The third-order valence-corrected chi connectivity index (χ3v) is 3.27. The molecule has 1 amide bonds. The molecule has 19 heavy (non-hydrogen) atoms. The predicted octanol–water partition coefficient (Wildman–Crippen LogP) is 1.24. The van der Waals surface area contributed by atoms with Crippen molar-refractivity contribution in [3.05, 3.63) is 48.3 Å². The summed E-state index contributed by atoms with van der Waals surface area (Å²) in [5.74, 6) is -0.0250. The lowest BCUT2D eigenvalue weighted by molar-refractivity contribution is 0.0732. The molecular formula is C13H13N5O. The van der Waals surface area contributed by atoms with Crippen molar-refractivity contribution in [3.63, 3.8) is 0 Å². The van der Waals surface area contributed by atoms with Crippen LogP contribution in [0.1, 0.15) is 34.9 Å². The van der Waals surface area contributed by atoms with Gasteiger partial charge in [-0.25, -0.2) is 0 Å². The number of carbonyl (C=O) groups excluding carboxylic acids is 1. The molecule has 96 valence electrons. The Kier molecular flexibility index (Phi) is 3.14. The van der Waals surface area contributed by atoms with Crippen LogP contribution in [0.25, 0.3) is 0 Å². The molecule has 1 saturated heterocycles. The van der Waals surface area contributed by atoms with Gasteiger partial charge in [0.1, 0.15) is 0 Å². The maximum absolute atomic E-state index is 12.4. The maximum Gasteiger partial charge on any atom is 0.256 e. The molecule has 0 aromatic carbocycles. The van der Waals surface area contributed by atoms with Crippen LogP contribution in [-0.2, 0) is 0 Å². The second kappa shape index (κ2) is 5.09. The van der Waals surface area contributed by atoms with Crippen molar-refractivity contribution in [2.45, 2.75) is 18.9 Å². The molecule has 2 aromatic heterocycles. The molecule has 0 unspecified atom stereocenters. The average molecular weight is 255 g/mol. The standard InChI is InChI=1S/C13H13N5O/c19-13(10-3-4-16-17-8-10)18-7-1-2-12(18)11-9-14-5-6-15-11/h3-6,8-9,12H,1-2,7H2/t12-/m0/s1. The van der Waals surface area contributed by atoms with Crippen LogP contribution in [-0.4, -0.2) is 37.5 Å². The number of likely N-dealkylation sites (tertiary alicyclic amines) is 1. The zero-order valence-electron chi connectivity index (χ0n) is 10.3. The van der Waals surface area contributed by atoms with Crippen molar-refractivity contribution in [2.24, 2.45) is 0 Å². The topological polar surface area (TPSA) is 71.9 Å². The molecule has 0 aliphatic carbocycles. The molecule has 0 spiro atoms. The Hall–Kier alpha value is -2.37. The van der Waals surface area contributed by atoms with E-state index in [0.29, 0.717) is 5.56 Å². The van der Waals surface area contributed by atoms with Gasteiger partial charge in [-0.05, 0) is 18.9 Å². The molecule has 6 heteroatoms. The van der Waals surface area contributed by atoms with Crippen molar-refractivity contribution in [3.8, 4) is 0 Å². The smallest absolute Gasteiger partial charge is 0.256 e. The summed E-state index contributed by atoms with van der Waals surface area (Å²) in [6, 6.07) is 1.69. The fraction of sp³-hybridized carbons (Fsp3) is 0.308. The normalized spacial score (nSPS) is 18.5. The largest absolute Gasteiger partial charge is 0.330 e. The summed E-state index contributed by atoms with van der Waals surface area (Å²) in [7, 11) is 0. The van der Waals surface area contributed by atoms with Crippen LogP contribution in [0, 0.1) is 0 Å². The zero-order valence-corrected chi connectivity index (χ0v) is 10.3. The molecule has 1 atom stereocenters. The van der Waals surface area contributed by atoms with E-state index in [1.165, 1.54) is 12.4 Å². The summed E-state index contributed by atoms with van der Waals surface area (Å²) in [6.45, 7) is 0.738. The summed E-state index contributed by atoms with van der Waals surface area (Å²) in [5, 5.41) is 7.44. The first-order chi connectivity index (χ1) is 9.36. The Labute approximate surface area is 110 Å². The van der Waals surface area contributed by atoms with Crippen LogP contribution in [0.3, 0.4) is 0 Å². The minimum atomic E-state index is -0.0250. The lowest BCUT2D eigenvalue weighted by Gasteiger charge is -2.23. The monoisotopic (exact) mass is 255 g/mol. The molecule has 6 nitrogen and oxygen atoms in total. The lowest BCUT2D eigenvalue weighted by atomic mass is 10.1. The summed E-state index contributed by atoms with van der Waals surface area (Å²) in [6.07, 6.45) is 9.94. The van der Waals surface area contributed by atoms with E-state index in [-0.39, 0.29) is 11.9 Å². The molecule has 3 rings (SSSR count). The minimum Gasteiger partial charge on any atom is -0.330 e. The Morgan fingerprint density at radius 3 is 2.89 bits per heavy atom.